The van der Waals surface area contributed by atoms with Crippen molar-refractivity contribution in [2.24, 2.45) is 0 Å². The molecule has 0 fully saturated rings. The van der Waals surface area contributed by atoms with Crippen LogP contribution in [-0.2, 0) is 4.43 Å². The molecule has 0 aliphatic heterocycles. The lowest BCUT2D eigenvalue weighted by Gasteiger charge is -2.26. The van der Waals surface area contributed by atoms with Gasteiger partial charge in [-0.05, 0) is 36.1 Å². The van der Waals surface area contributed by atoms with Crippen molar-refractivity contribution in [2.45, 2.75) is 25.1 Å². The van der Waals surface area contributed by atoms with Gasteiger partial charge in [-0.2, -0.15) is 0 Å². The molecule has 0 aliphatic rings. The van der Waals surface area contributed by atoms with Gasteiger partial charge in [0.25, 0.3) is 0 Å². The van der Waals surface area contributed by atoms with E-state index in [9.17, 15) is 0 Å². The van der Waals surface area contributed by atoms with E-state index in [1.54, 1.807) is 0 Å². The Morgan fingerprint density at radius 2 is 1.40 bits per heavy atom. The maximum absolute atomic E-state index is 6.60. The number of benzene rings is 2. The smallest absolute Gasteiger partial charge is 0.246 e. The standard InChI is InChI=1S/C17H18ClOSi/c1-12-7-3-5-9-14(12)17(16(18)11-19-20)15-10-6-4-8-13(15)2/h3-10,16-17H,11H2,1-2H3. The fourth-order valence-corrected chi connectivity index (χ4v) is 3.22. The molecule has 2 rings (SSSR count). The molecular weight excluding hydrogens is 284 g/mol. The molecule has 0 spiro atoms. The first-order valence-electron chi connectivity index (χ1n) is 6.68. The molecule has 1 atom stereocenters. The van der Waals surface area contributed by atoms with E-state index in [0.29, 0.717) is 6.61 Å². The SMILES string of the molecule is Cc1ccccc1C(c1ccccc1C)C(Cl)CO[Si]. The molecule has 0 amide bonds. The number of aryl methyl sites for hydroxylation is 2. The van der Waals surface area contributed by atoms with Gasteiger partial charge in [0.05, 0.1) is 12.0 Å². The highest BCUT2D eigenvalue weighted by molar-refractivity contribution is 6.21. The molecule has 0 N–H and O–H groups in total. The molecule has 2 aromatic carbocycles. The second-order valence-corrected chi connectivity index (χ2v) is 5.87. The third kappa shape index (κ3) is 3.32. The van der Waals surface area contributed by atoms with Crippen LogP contribution in [0.25, 0.3) is 0 Å². The predicted octanol–water partition coefficient (Wildman–Crippen LogP) is 4.14. The number of alkyl halides is 1. The lowest BCUT2D eigenvalue weighted by Crippen LogP contribution is -2.21. The summed E-state index contributed by atoms with van der Waals surface area (Å²) in [6.45, 7) is 4.70. The highest BCUT2D eigenvalue weighted by atomic mass is 35.5. The van der Waals surface area contributed by atoms with Gasteiger partial charge in [-0.25, -0.2) is 0 Å². The van der Waals surface area contributed by atoms with Crippen LogP contribution in [0.1, 0.15) is 28.2 Å². The third-order valence-electron chi connectivity index (χ3n) is 3.65. The van der Waals surface area contributed by atoms with E-state index in [0.717, 1.165) is 0 Å². The summed E-state index contributed by atoms with van der Waals surface area (Å²) in [6.07, 6.45) is 0. The van der Waals surface area contributed by atoms with E-state index in [-0.39, 0.29) is 11.3 Å². The minimum Gasteiger partial charge on any atom is -0.417 e. The van der Waals surface area contributed by atoms with Crippen molar-refractivity contribution in [1.29, 1.82) is 0 Å². The normalized spacial score (nSPS) is 12.7. The average molecular weight is 302 g/mol. The molecule has 0 aliphatic carbocycles. The van der Waals surface area contributed by atoms with E-state index >= 15 is 0 Å². The maximum atomic E-state index is 6.60. The largest absolute Gasteiger partial charge is 0.417 e. The Morgan fingerprint density at radius 3 is 1.80 bits per heavy atom. The van der Waals surface area contributed by atoms with Crippen LogP contribution in [0.3, 0.4) is 0 Å². The number of hydrogen-bond acceptors (Lipinski definition) is 1. The first-order valence-corrected chi connectivity index (χ1v) is 7.53. The van der Waals surface area contributed by atoms with Crippen LogP contribution in [0.5, 0.6) is 0 Å². The van der Waals surface area contributed by atoms with Gasteiger partial charge in [0.15, 0.2) is 0 Å². The molecule has 0 bridgehead atoms. The Hall–Kier alpha value is -1.09. The van der Waals surface area contributed by atoms with Gasteiger partial charge in [-0.1, -0.05) is 48.5 Å². The quantitative estimate of drug-likeness (QED) is 0.596. The zero-order valence-electron chi connectivity index (χ0n) is 11.8. The van der Waals surface area contributed by atoms with Crippen LogP contribution in [0.15, 0.2) is 48.5 Å². The molecule has 1 unspecified atom stereocenters. The Morgan fingerprint density at radius 1 is 0.950 bits per heavy atom. The topological polar surface area (TPSA) is 9.23 Å². The fourth-order valence-electron chi connectivity index (χ4n) is 2.60. The minimum absolute atomic E-state index is 0.121. The fraction of sp³-hybridized carbons (Fsp3) is 0.294. The zero-order valence-corrected chi connectivity index (χ0v) is 13.5. The Labute approximate surface area is 129 Å². The van der Waals surface area contributed by atoms with Gasteiger partial charge >= 0.3 is 0 Å². The van der Waals surface area contributed by atoms with E-state index in [4.69, 9.17) is 16.0 Å². The van der Waals surface area contributed by atoms with E-state index < -0.39 is 0 Å². The van der Waals surface area contributed by atoms with Crippen molar-refractivity contribution in [3.05, 3.63) is 70.8 Å². The van der Waals surface area contributed by atoms with Gasteiger partial charge in [0, 0.05) is 5.92 Å². The summed E-state index contributed by atoms with van der Waals surface area (Å²) in [5, 5.41) is -0.130. The summed E-state index contributed by atoms with van der Waals surface area (Å²) >= 11 is 6.60. The van der Waals surface area contributed by atoms with E-state index in [2.05, 4.69) is 72.9 Å². The summed E-state index contributed by atoms with van der Waals surface area (Å²) < 4.78 is 5.08. The van der Waals surface area contributed by atoms with Crippen LogP contribution in [-0.4, -0.2) is 22.5 Å². The van der Waals surface area contributed by atoms with Gasteiger partial charge in [0.2, 0.25) is 10.5 Å². The summed E-state index contributed by atoms with van der Waals surface area (Å²) in [6, 6.07) is 16.8. The van der Waals surface area contributed by atoms with Crippen molar-refractivity contribution in [3.63, 3.8) is 0 Å². The molecule has 20 heavy (non-hydrogen) atoms. The van der Waals surface area contributed by atoms with Crippen LogP contribution in [0.2, 0.25) is 0 Å². The molecule has 0 saturated heterocycles. The lowest BCUT2D eigenvalue weighted by molar-refractivity contribution is 0.336. The highest BCUT2D eigenvalue weighted by Crippen LogP contribution is 2.34. The molecule has 0 heterocycles. The molecule has 2 aromatic rings. The molecule has 0 saturated carbocycles. The second-order valence-electron chi connectivity index (χ2n) is 5.02. The molecule has 1 nitrogen and oxygen atoms in total. The van der Waals surface area contributed by atoms with Gasteiger partial charge in [0.1, 0.15) is 0 Å². The molecule has 3 heteroatoms. The number of rotatable bonds is 5. The monoisotopic (exact) mass is 301 g/mol. The van der Waals surface area contributed by atoms with Gasteiger partial charge < -0.3 is 4.43 Å². The molecule has 103 valence electrons. The summed E-state index contributed by atoms with van der Waals surface area (Å²) in [5.41, 5.74) is 5.01. The van der Waals surface area contributed by atoms with Gasteiger partial charge in [-0.15, -0.1) is 11.6 Å². The van der Waals surface area contributed by atoms with Crippen molar-refractivity contribution in [2.75, 3.05) is 6.61 Å². The van der Waals surface area contributed by atoms with Crippen molar-refractivity contribution >= 4 is 22.1 Å². The number of hydrogen-bond donors (Lipinski definition) is 0. The lowest BCUT2D eigenvalue weighted by atomic mass is 9.84. The Kier molecular flexibility index (Phi) is 5.41. The van der Waals surface area contributed by atoms with E-state index in [1.165, 1.54) is 22.3 Å². The van der Waals surface area contributed by atoms with Crippen molar-refractivity contribution in [1.82, 2.24) is 0 Å². The third-order valence-corrected chi connectivity index (χ3v) is 4.20. The number of halogens is 1. The van der Waals surface area contributed by atoms with Crippen molar-refractivity contribution in [3.8, 4) is 0 Å². The Balaban J connectivity index is 2.51. The molecular formula is C17H18ClOSi. The van der Waals surface area contributed by atoms with Crippen LogP contribution in [0.4, 0.5) is 0 Å². The highest BCUT2D eigenvalue weighted by Gasteiger charge is 2.25. The predicted molar refractivity (Wildman–Crippen MR) is 85.5 cm³/mol. The van der Waals surface area contributed by atoms with Crippen LogP contribution >= 0.6 is 11.6 Å². The van der Waals surface area contributed by atoms with Crippen LogP contribution in [0, 0.1) is 13.8 Å². The van der Waals surface area contributed by atoms with Gasteiger partial charge in [-0.3, -0.25) is 0 Å². The first kappa shape index (κ1) is 15.3. The van der Waals surface area contributed by atoms with Crippen LogP contribution < -0.4 is 0 Å². The summed E-state index contributed by atoms with van der Waals surface area (Å²) in [5.74, 6) is 0.121. The summed E-state index contributed by atoms with van der Waals surface area (Å²) in [7, 11) is 3.06. The molecule has 3 radical (unpaired) electrons. The first-order chi connectivity index (χ1) is 9.65. The Bertz CT molecular complexity index is 525. The maximum Gasteiger partial charge on any atom is 0.246 e. The minimum atomic E-state index is -0.130. The summed E-state index contributed by atoms with van der Waals surface area (Å²) in [4.78, 5) is 0. The second kappa shape index (κ2) is 7.07. The van der Waals surface area contributed by atoms with Crippen molar-refractivity contribution < 1.29 is 4.43 Å². The van der Waals surface area contributed by atoms with E-state index in [1.807, 2.05) is 0 Å². The average Bonchev–Trinajstić information content (AvgIpc) is 2.43. The zero-order chi connectivity index (χ0) is 14.5. The molecule has 0 aromatic heterocycles.